The van der Waals surface area contributed by atoms with E-state index in [1.54, 1.807) is 0 Å². The molecule has 160 valence electrons. The number of ether oxygens (including phenoxy) is 2. The third kappa shape index (κ3) is 4.95. The lowest BCUT2D eigenvalue weighted by atomic mass is 10.2. The van der Waals surface area contributed by atoms with Gasteiger partial charge >= 0.3 is 5.97 Å². The number of anilines is 1. The fourth-order valence-electron chi connectivity index (χ4n) is 3.75. The van der Waals surface area contributed by atoms with Crippen molar-refractivity contribution in [2.24, 2.45) is 5.73 Å². The molecule has 2 aromatic rings. The highest BCUT2D eigenvalue weighted by atomic mass is 16.6. The van der Waals surface area contributed by atoms with Crippen LogP contribution < -0.4 is 10.6 Å². The van der Waals surface area contributed by atoms with E-state index in [0.717, 1.165) is 32.6 Å². The van der Waals surface area contributed by atoms with Gasteiger partial charge in [0.15, 0.2) is 6.23 Å². The largest absolute Gasteiger partial charge is 0.462 e. The van der Waals surface area contributed by atoms with Crippen LogP contribution in [-0.2, 0) is 14.3 Å². The van der Waals surface area contributed by atoms with Crippen LogP contribution >= 0.6 is 0 Å². The molecule has 1 aromatic carbocycles. The van der Waals surface area contributed by atoms with Gasteiger partial charge in [0.2, 0.25) is 5.82 Å². The number of hydrogen-bond donors (Lipinski definition) is 1. The van der Waals surface area contributed by atoms with Crippen molar-refractivity contribution >= 4 is 17.6 Å². The molecule has 2 atom stereocenters. The number of carbonyl (C=O) groups is 2. The smallest absolute Gasteiger partial charge is 0.320 e. The second kappa shape index (κ2) is 9.23. The van der Waals surface area contributed by atoms with Crippen LogP contribution in [0.25, 0.3) is 0 Å². The molecular weight excluding hydrogens is 388 g/mol. The minimum absolute atomic E-state index is 0.0409. The van der Waals surface area contributed by atoms with Gasteiger partial charge in [0.25, 0.3) is 5.91 Å². The van der Waals surface area contributed by atoms with Crippen LogP contribution in [0.15, 0.2) is 36.7 Å². The van der Waals surface area contributed by atoms with Crippen LogP contribution in [0, 0.1) is 0 Å². The summed E-state index contributed by atoms with van der Waals surface area (Å²) in [7, 11) is 0. The van der Waals surface area contributed by atoms with Gasteiger partial charge < -0.3 is 20.1 Å². The SMILES string of the molecule is NC(=O)c1ncn(C2CCC(COC(=O)CN3CCN(c4ccccc4)CC3)O2)n1. The molecule has 2 aliphatic rings. The Balaban J connectivity index is 1.16. The third-order valence-electron chi connectivity index (χ3n) is 5.39. The molecule has 2 unspecified atom stereocenters. The first kappa shape index (κ1) is 20.3. The number of nitrogens with zero attached hydrogens (tertiary/aromatic N) is 5. The fraction of sp³-hybridized carbons (Fsp3) is 0.500. The minimum Gasteiger partial charge on any atom is -0.462 e. The van der Waals surface area contributed by atoms with Crippen molar-refractivity contribution in [3.63, 3.8) is 0 Å². The van der Waals surface area contributed by atoms with Gasteiger partial charge in [-0.15, -0.1) is 5.10 Å². The summed E-state index contributed by atoms with van der Waals surface area (Å²) in [5.41, 5.74) is 6.38. The Morgan fingerprint density at radius 3 is 2.60 bits per heavy atom. The first-order valence-electron chi connectivity index (χ1n) is 10.1. The van der Waals surface area contributed by atoms with Crippen molar-refractivity contribution in [3.8, 4) is 0 Å². The van der Waals surface area contributed by atoms with E-state index >= 15 is 0 Å². The number of benzene rings is 1. The predicted octanol–water partition coefficient (Wildman–Crippen LogP) is 0.420. The molecule has 0 radical (unpaired) electrons. The zero-order valence-electron chi connectivity index (χ0n) is 16.7. The molecule has 0 aliphatic carbocycles. The van der Waals surface area contributed by atoms with Gasteiger partial charge in [-0.05, 0) is 25.0 Å². The Morgan fingerprint density at radius 2 is 1.90 bits per heavy atom. The van der Waals surface area contributed by atoms with Crippen LogP contribution in [0.3, 0.4) is 0 Å². The minimum atomic E-state index is -0.679. The van der Waals surface area contributed by atoms with Crippen LogP contribution in [0.1, 0.15) is 29.7 Å². The molecule has 1 aromatic heterocycles. The van der Waals surface area contributed by atoms with E-state index in [9.17, 15) is 9.59 Å². The van der Waals surface area contributed by atoms with E-state index in [-0.39, 0.29) is 37.3 Å². The number of esters is 1. The summed E-state index contributed by atoms with van der Waals surface area (Å²) in [6.45, 7) is 3.90. The molecule has 2 aliphatic heterocycles. The number of aromatic nitrogens is 3. The number of amides is 1. The van der Waals surface area contributed by atoms with Gasteiger partial charge in [-0.3, -0.25) is 14.5 Å². The summed E-state index contributed by atoms with van der Waals surface area (Å²) >= 11 is 0. The molecule has 30 heavy (non-hydrogen) atoms. The standard InChI is InChI=1S/C20H26N6O4/c21-19(28)20-22-14-26(23-20)17-7-6-16(30-17)13-29-18(27)12-24-8-10-25(11-9-24)15-4-2-1-3-5-15/h1-5,14,16-17H,6-13H2,(H2,21,28). The Morgan fingerprint density at radius 1 is 1.13 bits per heavy atom. The maximum Gasteiger partial charge on any atom is 0.320 e. The summed E-state index contributed by atoms with van der Waals surface area (Å²) in [6, 6.07) is 10.3. The lowest BCUT2D eigenvalue weighted by molar-refractivity contribution is -0.149. The molecule has 1 amide bonds. The Bertz CT molecular complexity index is 865. The van der Waals surface area contributed by atoms with E-state index in [0.29, 0.717) is 6.42 Å². The van der Waals surface area contributed by atoms with E-state index in [1.807, 2.05) is 18.2 Å². The Labute approximate surface area is 174 Å². The van der Waals surface area contributed by atoms with Gasteiger partial charge in [0.05, 0.1) is 12.6 Å². The number of piperazine rings is 1. The maximum atomic E-state index is 12.2. The molecule has 0 spiro atoms. The average Bonchev–Trinajstić information content (AvgIpc) is 3.43. The van der Waals surface area contributed by atoms with E-state index in [2.05, 4.69) is 32.0 Å². The van der Waals surface area contributed by atoms with Crippen molar-refractivity contribution in [1.29, 1.82) is 0 Å². The molecule has 10 heteroatoms. The highest BCUT2D eigenvalue weighted by Gasteiger charge is 2.29. The van der Waals surface area contributed by atoms with Gasteiger partial charge in [0, 0.05) is 31.9 Å². The lowest BCUT2D eigenvalue weighted by Crippen LogP contribution is -2.48. The normalized spacial score (nSPS) is 22.2. The van der Waals surface area contributed by atoms with E-state index < -0.39 is 5.91 Å². The zero-order valence-corrected chi connectivity index (χ0v) is 16.7. The van der Waals surface area contributed by atoms with Crippen molar-refractivity contribution < 1.29 is 19.1 Å². The van der Waals surface area contributed by atoms with Crippen LogP contribution in [0.5, 0.6) is 0 Å². The molecular formula is C20H26N6O4. The predicted molar refractivity (Wildman–Crippen MR) is 108 cm³/mol. The van der Waals surface area contributed by atoms with Gasteiger partial charge in [-0.1, -0.05) is 18.2 Å². The number of primary amides is 1. The molecule has 3 heterocycles. The molecule has 2 N–H and O–H groups in total. The van der Waals surface area contributed by atoms with E-state index in [1.165, 1.54) is 16.7 Å². The number of para-hydroxylation sites is 1. The van der Waals surface area contributed by atoms with Crippen molar-refractivity contribution in [2.45, 2.75) is 25.2 Å². The molecule has 0 bridgehead atoms. The highest BCUT2D eigenvalue weighted by Crippen LogP contribution is 2.27. The number of carbonyl (C=O) groups excluding carboxylic acids is 2. The Hall–Kier alpha value is -2.98. The van der Waals surface area contributed by atoms with Crippen molar-refractivity contribution in [2.75, 3.05) is 44.2 Å². The quantitative estimate of drug-likeness (QED) is 0.648. The number of nitrogens with two attached hydrogens (primary N) is 1. The monoisotopic (exact) mass is 414 g/mol. The average molecular weight is 414 g/mol. The first-order valence-corrected chi connectivity index (χ1v) is 10.1. The van der Waals surface area contributed by atoms with Crippen LogP contribution in [0.4, 0.5) is 5.69 Å². The summed E-state index contributed by atoms with van der Waals surface area (Å²) in [5.74, 6) is -0.963. The van der Waals surface area contributed by atoms with Crippen molar-refractivity contribution in [1.82, 2.24) is 19.7 Å². The van der Waals surface area contributed by atoms with Crippen molar-refractivity contribution in [3.05, 3.63) is 42.5 Å². The van der Waals surface area contributed by atoms with Crippen LogP contribution in [0.2, 0.25) is 0 Å². The highest BCUT2D eigenvalue weighted by molar-refractivity contribution is 5.88. The van der Waals surface area contributed by atoms with Gasteiger partial charge in [0.1, 0.15) is 12.9 Å². The summed E-state index contributed by atoms with van der Waals surface area (Å²) < 4.78 is 12.8. The van der Waals surface area contributed by atoms with E-state index in [4.69, 9.17) is 15.2 Å². The summed E-state index contributed by atoms with van der Waals surface area (Å²) in [5, 5.41) is 4.01. The third-order valence-corrected chi connectivity index (χ3v) is 5.39. The maximum absolute atomic E-state index is 12.2. The van der Waals surface area contributed by atoms with Gasteiger partial charge in [-0.2, -0.15) is 0 Å². The summed E-state index contributed by atoms with van der Waals surface area (Å²) in [6.07, 6.45) is 2.33. The Kier molecular flexibility index (Phi) is 6.24. The molecule has 0 saturated carbocycles. The molecule has 2 saturated heterocycles. The second-order valence-corrected chi connectivity index (χ2v) is 7.48. The first-order chi connectivity index (χ1) is 14.6. The number of hydrogen-bond acceptors (Lipinski definition) is 8. The second-order valence-electron chi connectivity index (χ2n) is 7.48. The molecule has 10 nitrogen and oxygen atoms in total. The zero-order chi connectivity index (χ0) is 20.9. The van der Waals surface area contributed by atoms with Gasteiger partial charge in [-0.25, -0.2) is 9.67 Å². The molecule has 4 rings (SSSR count). The van der Waals surface area contributed by atoms with Crippen LogP contribution in [-0.4, -0.2) is 77.0 Å². The fourth-order valence-corrected chi connectivity index (χ4v) is 3.75. The lowest BCUT2D eigenvalue weighted by Gasteiger charge is -2.35. The summed E-state index contributed by atoms with van der Waals surface area (Å²) in [4.78, 5) is 31.6. The topological polar surface area (TPSA) is 116 Å². The number of rotatable bonds is 7. The molecule has 2 fully saturated rings.